The highest BCUT2D eigenvalue weighted by Crippen LogP contribution is 2.11. The maximum atomic E-state index is 5.80. The van der Waals surface area contributed by atoms with Crippen molar-refractivity contribution in [3.8, 4) is 0 Å². The molecule has 1 aliphatic rings. The molecule has 2 unspecified atom stereocenters. The van der Waals surface area contributed by atoms with E-state index in [2.05, 4.69) is 30.6 Å². The van der Waals surface area contributed by atoms with Gasteiger partial charge < -0.3 is 10.6 Å². The molecule has 0 aromatic heterocycles. The normalized spacial score (nSPS) is 23.2. The molecule has 2 N–H and O–H groups in total. The van der Waals surface area contributed by atoms with Crippen molar-refractivity contribution < 1.29 is 0 Å². The molecule has 0 radical (unpaired) electrons. The first kappa shape index (κ1) is 13.9. The van der Waals surface area contributed by atoms with Crippen LogP contribution in [0.3, 0.4) is 0 Å². The monoisotopic (exact) mass is 227 g/mol. The van der Waals surface area contributed by atoms with E-state index in [4.69, 9.17) is 5.73 Å². The third kappa shape index (κ3) is 4.04. The molecular formula is C13H29N3. The fourth-order valence-electron chi connectivity index (χ4n) is 2.45. The van der Waals surface area contributed by atoms with Crippen molar-refractivity contribution in [3.05, 3.63) is 0 Å². The Morgan fingerprint density at radius 2 is 1.69 bits per heavy atom. The Bertz CT molecular complexity index is 172. The van der Waals surface area contributed by atoms with Gasteiger partial charge in [-0.2, -0.15) is 0 Å². The van der Waals surface area contributed by atoms with Crippen molar-refractivity contribution in [3.63, 3.8) is 0 Å². The Morgan fingerprint density at radius 1 is 1.06 bits per heavy atom. The van der Waals surface area contributed by atoms with E-state index in [0.29, 0.717) is 6.04 Å². The summed E-state index contributed by atoms with van der Waals surface area (Å²) in [6.45, 7) is 13.8. The molecular weight excluding hydrogens is 198 g/mol. The summed E-state index contributed by atoms with van der Waals surface area (Å²) < 4.78 is 0. The molecule has 3 heteroatoms. The first-order valence-electron chi connectivity index (χ1n) is 6.87. The van der Waals surface area contributed by atoms with Crippen molar-refractivity contribution in [2.24, 2.45) is 11.7 Å². The highest BCUT2D eigenvalue weighted by Gasteiger charge is 2.22. The molecule has 1 saturated heterocycles. The topological polar surface area (TPSA) is 32.5 Å². The van der Waals surface area contributed by atoms with Gasteiger partial charge in [-0.25, -0.2) is 0 Å². The van der Waals surface area contributed by atoms with Gasteiger partial charge in [0.2, 0.25) is 0 Å². The lowest BCUT2D eigenvalue weighted by Gasteiger charge is -2.39. The third-order valence-corrected chi connectivity index (χ3v) is 3.93. The van der Waals surface area contributed by atoms with Crippen LogP contribution in [0.5, 0.6) is 0 Å². The van der Waals surface area contributed by atoms with Crippen LogP contribution in [0.15, 0.2) is 0 Å². The van der Waals surface area contributed by atoms with Gasteiger partial charge in [0.15, 0.2) is 0 Å². The van der Waals surface area contributed by atoms with Gasteiger partial charge in [-0.3, -0.25) is 4.90 Å². The van der Waals surface area contributed by atoms with Crippen LogP contribution in [-0.2, 0) is 0 Å². The lowest BCUT2D eigenvalue weighted by Crippen LogP contribution is -2.52. The van der Waals surface area contributed by atoms with Gasteiger partial charge in [-0.05, 0) is 12.3 Å². The fourth-order valence-corrected chi connectivity index (χ4v) is 2.45. The molecule has 1 aliphatic heterocycles. The largest absolute Gasteiger partial charge is 0.329 e. The van der Waals surface area contributed by atoms with Crippen LogP contribution in [0.1, 0.15) is 33.6 Å². The summed E-state index contributed by atoms with van der Waals surface area (Å²) in [5.41, 5.74) is 5.80. The van der Waals surface area contributed by atoms with Crippen LogP contribution in [0.2, 0.25) is 0 Å². The summed E-state index contributed by atoms with van der Waals surface area (Å²) in [6, 6.07) is 0.603. The van der Waals surface area contributed by atoms with E-state index in [0.717, 1.165) is 12.5 Å². The number of hydrogen-bond acceptors (Lipinski definition) is 3. The summed E-state index contributed by atoms with van der Waals surface area (Å²) in [5, 5.41) is 0. The zero-order valence-corrected chi connectivity index (χ0v) is 11.3. The van der Waals surface area contributed by atoms with E-state index in [1.54, 1.807) is 0 Å². The first-order valence-corrected chi connectivity index (χ1v) is 6.87. The molecule has 0 aromatic carbocycles. The van der Waals surface area contributed by atoms with Crippen molar-refractivity contribution in [1.82, 2.24) is 9.80 Å². The zero-order chi connectivity index (χ0) is 12.0. The lowest BCUT2D eigenvalue weighted by molar-refractivity contribution is 0.0879. The van der Waals surface area contributed by atoms with Crippen LogP contribution in [0.25, 0.3) is 0 Å². The Hall–Kier alpha value is -0.120. The summed E-state index contributed by atoms with van der Waals surface area (Å²) in [5.74, 6) is 0.836. The summed E-state index contributed by atoms with van der Waals surface area (Å²) in [4.78, 5) is 5.17. The molecule has 16 heavy (non-hydrogen) atoms. The minimum absolute atomic E-state index is 0.603. The van der Waals surface area contributed by atoms with Gasteiger partial charge in [-0.1, -0.05) is 27.2 Å². The van der Waals surface area contributed by atoms with E-state index < -0.39 is 0 Å². The van der Waals surface area contributed by atoms with Gasteiger partial charge in [0, 0.05) is 45.3 Å². The fraction of sp³-hybridized carbons (Fsp3) is 1.00. The predicted molar refractivity (Wildman–Crippen MR) is 70.6 cm³/mol. The van der Waals surface area contributed by atoms with Crippen LogP contribution >= 0.6 is 0 Å². The molecule has 0 aliphatic carbocycles. The Morgan fingerprint density at radius 3 is 2.12 bits per heavy atom. The Labute approximate surface area is 101 Å². The predicted octanol–water partition coefficient (Wildman–Crippen LogP) is 1.39. The second-order valence-corrected chi connectivity index (χ2v) is 5.15. The lowest BCUT2D eigenvalue weighted by atomic mass is 10.1. The molecule has 3 nitrogen and oxygen atoms in total. The molecule has 1 rings (SSSR count). The number of hydrogen-bond donors (Lipinski definition) is 1. The second kappa shape index (κ2) is 7.25. The molecule has 96 valence electrons. The van der Waals surface area contributed by atoms with Crippen LogP contribution in [0.4, 0.5) is 0 Å². The average Bonchev–Trinajstić information content (AvgIpc) is 2.32. The quantitative estimate of drug-likeness (QED) is 0.744. The van der Waals surface area contributed by atoms with Crippen LogP contribution < -0.4 is 5.73 Å². The maximum Gasteiger partial charge on any atom is 0.0216 e. The van der Waals surface area contributed by atoms with E-state index in [1.165, 1.54) is 45.6 Å². The van der Waals surface area contributed by atoms with Gasteiger partial charge in [0.1, 0.15) is 0 Å². The standard InChI is InChI=1S/C13H29N3/c1-4-12(3)11-15-6-8-16(9-7-15)13(5-2)10-14/h12-13H,4-11,14H2,1-3H3. The van der Waals surface area contributed by atoms with Gasteiger partial charge in [-0.15, -0.1) is 0 Å². The molecule has 0 aromatic rings. The van der Waals surface area contributed by atoms with Crippen molar-refractivity contribution in [1.29, 1.82) is 0 Å². The van der Waals surface area contributed by atoms with Crippen LogP contribution in [0, 0.1) is 5.92 Å². The van der Waals surface area contributed by atoms with E-state index in [-0.39, 0.29) is 0 Å². The van der Waals surface area contributed by atoms with Crippen molar-refractivity contribution >= 4 is 0 Å². The summed E-state index contributed by atoms with van der Waals surface area (Å²) in [6.07, 6.45) is 2.47. The third-order valence-electron chi connectivity index (χ3n) is 3.93. The highest BCUT2D eigenvalue weighted by molar-refractivity contribution is 4.78. The Balaban J connectivity index is 2.27. The molecule has 2 atom stereocenters. The Kier molecular flexibility index (Phi) is 6.32. The van der Waals surface area contributed by atoms with E-state index in [1.807, 2.05) is 0 Å². The molecule has 0 saturated carbocycles. The molecule has 1 heterocycles. The SMILES string of the molecule is CCC(C)CN1CCN(C(CC)CN)CC1. The molecule has 0 bridgehead atoms. The summed E-state index contributed by atoms with van der Waals surface area (Å²) in [7, 11) is 0. The molecule has 0 amide bonds. The second-order valence-electron chi connectivity index (χ2n) is 5.15. The van der Waals surface area contributed by atoms with Gasteiger partial charge in [0.05, 0.1) is 0 Å². The van der Waals surface area contributed by atoms with E-state index in [9.17, 15) is 0 Å². The molecule has 1 fully saturated rings. The zero-order valence-electron chi connectivity index (χ0n) is 11.3. The highest BCUT2D eigenvalue weighted by atomic mass is 15.3. The molecule has 0 spiro atoms. The average molecular weight is 227 g/mol. The smallest absolute Gasteiger partial charge is 0.0216 e. The number of rotatable bonds is 6. The summed E-state index contributed by atoms with van der Waals surface area (Å²) >= 11 is 0. The first-order chi connectivity index (χ1) is 7.71. The maximum absolute atomic E-state index is 5.80. The van der Waals surface area contributed by atoms with Gasteiger partial charge in [0.25, 0.3) is 0 Å². The number of piperazine rings is 1. The van der Waals surface area contributed by atoms with Crippen LogP contribution in [-0.4, -0.2) is 55.1 Å². The van der Waals surface area contributed by atoms with E-state index >= 15 is 0 Å². The number of nitrogens with zero attached hydrogens (tertiary/aromatic N) is 2. The van der Waals surface area contributed by atoms with Gasteiger partial charge >= 0.3 is 0 Å². The number of nitrogens with two attached hydrogens (primary N) is 1. The van der Waals surface area contributed by atoms with Crippen molar-refractivity contribution in [2.75, 3.05) is 39.3 Å². The minimum atomic E-state index is 0.603. The minimum Gasteiger partial charge on any atom is -0.329 e. The van der Waals surface area contributed by atoms with Crippen molar-refractivity contribution in [2.45, 2.75) is 39.7 Å².